The Morgan fingerprint density at radius 1 is 1.33 bits per heavy atom. The molecule has 0 amide bonds. The quantitative estimate of drug-likeness (QED) is 0.751. The minimum Gasteiger partial charge on any atom is -0.343 e. The van der Waals surface area contributed by atoms with Crippen LogP contribution in [0.1, 0.15) is 13.3 Å². The van der Waals surface area contributed by atoms with E-state index >= 15 is 0 Å². The third-order valence-corrected chi connectivity index (χ3v) is 2.19. The maximum Gasteiger partial charge on any atom is 0.225 e. The van der Waals surface area contributed by atoms with Crippen molar-refractivity contribution in [3.63, 3.8) is 0 Å². The predicted molar refractivity (Wildman–Crippen MR) is 63.5 cm³/mol. The molecule has 0 saturated heterocycles. The van der Waals surface area contributed by atoms with Gasteiger partial charge in [0, 0.05) is 20.1 Å². The molecule has 0 aliphatic carbocycles. The first-order chi connectivity index (χ1) is 7.24. The topological polar surface area (TPSA) is 41.0 Å². The Labute approximate surface area is 95.7 Å². The Kier molecular flexibility index (Phi) is 5.36. The second-order valence-corrected chi connectivity index (χ2v) is 3.81. The monoisotopic (exact) mass is 228 g/mol. The molecule has 0 saturated carbocycles. The Morgan fingerprint density at radius 2 is 2.00 bits per heavy atom. The summed E-state index contributed by atoms with van der Waals surface area (Å²) in [6, 6.07) is 0. The van der Waals surface area contributed by atoms with E-state index in [4.69, 9.17) is 11.6 Å². The molecule has 0 unspecified atom stereocenters. The van der Waals surface area contributed by atoms with Gasteiger partial charge >= 0.3 is 0 Å². The Morgan fingerprint density at radius 3 is 2.60 bits per heavy atom. The largest absolute Gasteiger partial charge is 0.343 e. The lowest BCUT2D eigenvalue weighted by Gasteiger charge is -2.16. The minimum atomic E-state index is 0.566. The van der Waals surface area contributed by atoms with E-state index in [1.54, 1.807) is 12.4 Å². The van der Waals surface area contributed by atoms with E-state index in [9.17, 15) is 0 Å². The van der Waals surface area contributed by atoms with Crippen LogP contribution in [0.4, 0.5) is 5.95 Å². The Hall–Kier alpha value is -0.870. The molecule has 1 heterocycles. The van der Waals surface area contributed by atoms with Crippen LogP contribution in [0.2, 0.25) is 5.02 Å². The van der Waals surface area contributed by atoms with Crippen molar-refractivity contribution in [1.82, 2.24) is 15.3 Å². The highest BCUT2D eigenvalue weighted by Gasteiger charge is 2.02. The second kappa shape index (κ2) is 6.58. The zero-order valence-electron chi connectivity index (χ0n) is 9.20. The fourth-order valence-electron chi connectivity index (χ4n) is 1.15. The van der Waals surface area contributed by atoms with Gasteiger partial charge in [0.2, 0.25) is 5.95 Å². The molecule has 0 fully saturated rings. The maximum atomic E-state index is 5.71. The second-order valence-electron chi connectivity index (χ2n) is 3.37. The van der Waals surface area contributed by atoms with Crippen molar-refractivity contribution in [3.8, 4) is 0 Å². The van der Waals surface area contributed by atoms with Crippen LogP contribution in [-0.4, -0.2) is 36.6 Å². The van der Waals surface area contributed by atoms with Crippen LogP contribution < -0.4 is 10.2 Å². The van der Waals surface area contributed by atoms with Crippen molar-refractivity contribution < 1.29 is 0 Å². The lowest BCUT2D eigenvalue weighted by atomic mass is 10.4. The molecule has 1 aromatic rings. The normalized spacial score (nSPS) is 10.3. The molecular formula is C10H17ClN4. The summed E-state index contributed by atoms with van der Waals surface area (Å²) in [6.45, 7) is 5.03. The molecule has 0 atom stereocenters. The molecule has 0 aromatic carbocycles. The van der Waals surface area contributed by atoms with E-state index in [0.717, 1.165) is 26.1 Å². The number of nitrogens with zero attached hydrogens (tertiary/aromatic N) is 3. The summed E-state index contributed by atoms with van der Waals surface area (Å²) in [7, 11) is 1.97. The van der Waals surface area contributed by atoms with Gasteiger partial charge in [-0.1, -0.05) is 18.5 Å². The van der Waals surface area contributed by atoms with Gasteiger partial charge in [-0.15, -0.1) is 0 Å². The van der Waals surface area contributed by atoms with Crippen molar-refractivity contribution in [2.24, 2.45) is 0 Å². The zero-order valence-corrected chi connectivity index (χ0v) is 9.96. The fourth-order valence-corrected chi connectivity index (χ4v) is 1.25. The first kappa shape index (κ1) is 12.2. The van der Waals surface area contributed by atoms with Crippen LogP contribution >= 0.6 is 11.6 Å². The fraction of sp³-hybridized carbons (Fsp3) is 0.600. The average molecular weight is 229 g/mol. The van der Waals surface area contributed by atoms with Crippen LogP contribution in [0.3, 0.4) is 0 Å². The Balaban J connectivity index is 2.33. The molecular weight excluding hydrogens is 212 g/mol. The summed E-state index contributed by atoms with van der Waals surface area (Å²) in [4.78, 5) is 10.3. The van der Waals surface area contributed by atoms with E-state index < -0.39 is 0 Å². The smallest absolute Gasteiger partial charge is 0.225 e. The highest BCUT2D eigenvalue weighted by atomic mass is 35.5. The van der Waals surface area contributed by atoms with E-state index in [0.29, 0.717) is 11.0 Å². The van der Waals surface area contributed by atoms with Gasteiger partial charge in [-0.05, 0) is 13.0 Å². The first-order valence-corrected chi connectivity index (χ1v) is 5.51. The third-order valence-electron chi connectivity index (χ3n) is 2.00. The molecule has 1 N–H and O–H groups in total. The van der Waals surface area contributed by atoms with E-state index in [-0.39, 0.29) is 0 Å². The molecule has 4 nitrogen and oxygen atoms in total. The van der Waals surface area contributed by atoms with Gasteiger partial charge in [-0.2, -0.15) is 0 Å². The maximum absolute atomic E-state index is 5.71. The minimum absolute atomic E-state index is 0.566. The van der Waals surface area contributed by atoms with E-state index in [2.05, 4.69) is 22.2 Å². The van der Waals surface area contributed by atoms with Crippen molar-refractivity contribution >= 4 is 17.5 Å². The molecule has 1 rings (SSSR count). The van der Waals surface area contributed by atoms with Gasteiger partial charge in [-0.25, -0.2) is 9.97 Å². The van der Waals surface area contributed by atoms with Gasteiger partial charge in [-0.3, -0.25) is 0 Å². The number of halogens is 1. The summed E-state index contributed by atoms with van der Waals surface area (Å²) in [5.41, 5.74) is 0. The number of likely N-dealkylation sites (N-methyl/N-ethyl adjacent to an activating group) is 1. The standard InChI is InChI=1S/C10H17ClN4/c1-3-4-12-5-6-15(2)10-13-7-9(11)8-14-10/h7-8,12H,3-6H2,1-2H3. The summed E-state index contributed by atoms with van der Waals surface area (Å²) >= 11 is 5.71. The van der Waals surface area contributed by atoms with Crippen LogP contribution in [-0.2, 0) is 0 Å². The summed E-state index contributed by atoms with van der Waals surface area (Å²) in [5.74, 6) is 0.706. The van der Waals surface area contributed by atoms with Gasteiger partial charge in [0.1, 0.15) is 0 Å². The predicted octanol–water partition coefficient (Wildman–Crippen LogP) is 1.57. The molecule has 15 heavy (non-hydrogen) atoms. The number of hydrogen-bond acceptors (Lipinski definition) is 4. The van der Waals surface area contributed by atoms with Crippen molar-refractivity contribution in [1.29, 1.82) is 0 Å². The van der Waals surface area contributed by atoms with Crippen LogP contribution in [0.25, 0.3) is 0 Å². The molecule has 84 valence electrons. The van der Waals surface area contributed by atoms with Crippen LogP contribution in [0, 0.1) is 0 Å². The molecule has 0 bridgehead atoms. The number of nitrogens with one attached hydrogen (secondary N) is 1. The van der Waals surface area contributed by atoms with Gasteiger partial charge in [0.05, 0.1) is 17.4 Å². The first-order valence-electron chi connectivity index (χ1n) is 5.13. The zero-order chi connectivity index (χ0) is 11.1. The van der Waals surface area contributed by atoms with Crippen LogP contribution in [0.15, 0.2) is 12.4 Å². The molecule has 1 aromatic heterocycles. The SMILES string of the molecule is CCCNCCN(C)c1ncc(Cl)cn1. The number of anilines is 1. The van der Waals surface area contributed by atoms with E-state index in [1.165, 1.54) is 0 Å². The molecule has 5 heteroatoms. The van der Waals surface area contributed by atoms with Crippen molar-refractivity contribution in [3.05, 3.63) is 17.4 Å². The third kappa shape index (κ3) is 4.44. The summed E-state index contributed by atoms with van der Waals surface area (Å²) in [6.07, 6.45) is 4.38. The molecule has 0 spiro atoms. The van der Waals surface area contributed by atoms with Crippen molar-refractivity contribution in [2.75, 3.05) is 31.6 Å². The van der Waals surface area contributed by atoms with Crippen molar-refractivity contribution in [2.45, 2.75) is 13.3 Å². The average Bonchev–Trinajstić information content (AvgIpc) is 2.25. The van der Waals surface area contributed by atoms with Crippen LogP contribution in [0.5, 0.6) is 0 Å². The van der Waals surface area contributed by atoms with Gasteiger partial charge in [0.25, 0.3) is 0 Å². The molecule has 0 aliphatic heterocycles. The summed E-state index contributed by atoms with van der Waals surface area (Å²) in [5, 5.41) is 3.89. The molecule has 0 radical (unpaired) electrons. The number of rotatable bonds is 6. The highest BCUT2D eigenvalue weighted by Crippen LogP contribution is 2.07. The van der Waals surface area contributed by atoms with Gasteiger partial charge < -0.3 is 10.2 Å². The highest BCUT2D eigenvalue weighted by molar-refractivity contribution is 6.30. The van der Waals surface area contributed by atoms with Gasteiger partial charge in [0.15, 0.2) is 0 Å². The molecule has 0 aliphatic rings. The van der Waals surface area contributed by atoms with E-state index in [1.807, 2.05) is 11.9 Å². The lowest BCUT2D eigenvalue weighted by Crippen LogP contribution is -2.30. The lowest BCUT2D eigenvalue weighted by molar-refractivity contribution is 0.661. The number of hydrogen-bond donors (Lipinski definition) is 1. The Bertz CT molecular complexity index is 275. The summed E-state index contributed by atoms with van der Waals surface area (Å²) < 4.78 is 0. The number of aromatic nitrogens is 2.